The Hall–Kier alpha value is 0.200. The normalized spacial score (nSPS) is 25.9. The molecule has 2 rings (SSSR count). The highest BCUT2D eigenvalue weighted by molar-refractivity contribution is 9.10. The Bertz CT molecular complexity index is 386. The fourth-order valence-electron chi connectivity index (χ4n) is 1.85. The summed E-state index contributed by atoms with van der Waals surface area (Å²) in [5, 5.41) is 0.663. The van der Waals surface area contributed by atoms with E-state index in [2.05, 4.69) is 48.7 Å². The van der Waals surface area contributed by atoms with Gasteiger partial charge in [-0.15, -0.1) is 0 Å². The molecule has 5 heteroatoms. The summed E-state index contributed by atoms with van der Waals surface area (Å²) in [7, 11) is 0. The number of hydrogen-bond donors (Lipinski definition) is 0. The summed E-state index contributed by atoms with van der Waals surface area (Å²) in [6.45, 7) is 4.33. The van der Waals surface area contributed by atoms with Crippen LogP contribution < -0.4 is 4.90 Å². The zero-order chi connectivity index (χ0) is 11.7. The Morgan fingerprint density at radius 2 is 2.31 bits per heavy atom. The highest BCUT2D eigenvalue weighted by atomic mass is 79.9. The molecule has 1 aromatic heterocycles. The zero-order valence-corrected chi connectivity index (χ0v) is 12.9. The number of hydrogen-bond acceptors (Lipinski definition) is 2. The van der Waals surface area contributed by atoms with Crippen molar-refractivity contribution in [1.29, 1.82) is 0 Å². The van der Waals surface area contributed by atoms with Crippen molar-refractivity contribution in [3.8, 4) is 0 Å². The number of nitrogens with zero attached hydrogens (tertiary/aromatic N) is 2. The third-order valence-electron chi connectivity index (χ3n) is 2.95. The Morgan fingerprint density at radius 1 is 1.56 bits per heavy atom. The van der Waals surface area contributed by atoms with Gasteiger partial charge in [0.1, 0.15) is 5.82 Å². The van der Waals surface area contributed by atoms with Gasteiger partial charge in [0.05, 0.1) is 9.50 Å². The monoisotopic (exact) mass is 366 g/mol. The van der Waals surface area contributed by atoms with E-state index in [0.29, 0.717) is 9.85 Å². The van der Waals surface area contributed by atoms with Gasteiger partial charge in [-0.05, 0) is 34.3 Å². The van der Waals surface area contributed by atoms with Crippen LogP contribution in [0.4, 0.5) is 5.82 Å². The summed E-state index contributed by atoms with van der Waals surface area (Å²) in [6, 6.07) is 1.89. The van der Waals surface area contributed by atoms with Gasteiger partial charge in [-0.25, -0.2) is 4.98 Å². The molecule has 0 bridgehead atoms. The maximum Gasteiger partial charge on any atom is 0.143 e. The molecule has 2 nitrogen and oxygen atoms in total. The predicted molar refractivity (Wildman–Crippen MR) is 75.7 cm³/mol. The van der Waals surface area contributed by atoms with Gasteiger partial charge in [0.2, 0.25) is 0 Å². The van der Waals surface area contributed by atoms with Crippen molar-refractivity contribution in [1.82, 2.24) is 4.98 Å². The molecule has 0 N–H and O–H groups in total. The van der Waals surface area contributed by atoms with Crippen LogP contribution in [0.5, 0.6) is 0 Å². The molecule has 1 aliphatic rings. The lowest BCUT2D eigenvalue weighted by molar-refractivity contribution is 0.454. The van der Waals surface area contributed by atoms with Gasteiger partial charge >= 0.3 is 0 Å². The van der Waals surface area contributed by atoms with Crippen LogP contribution in [0.3, 0.4) is 0 Å². The summed E-state index contributed by atoms with van der Waals surface area (Å²) < 4.78 is 0.967. The number of halogens is 3. The SMILES string of the molecule is CC1CCN(c2ncc(Cl)cc2Br)CC1Br. The van der Waals surface area contributed by atoms with Gasteiger partial charge in [0, 0.05) is 24.1 Å². The van der Waals surface area contributed by atoms with Crippen LogP contribution >= 0.6 is 43.5 Å². The van der Waals surface area contributed by atoms with Gasteiger partial charge in [-0.3, -0.25) is 0 Å². The minimum absolute atomic E-state index is 0.533. The van der Waals surface area contributed by atoms with Gasteiger partial charge < -0.3 is 4.90 Å². The molecule has 0 aromatic carbocycles. The molecule has 1 fully saturated rings. The van der Waals surface area contributed by atoms with Crippen molar-refractivity contribution < 1.29 is 0 Å². The van der Waals surface area contributed by atoms with E-state index in [0.717, 1.165) is 29.3 Å². The second-order valence-electron chi connectivity index (χ2n) is 4.19. The van der Waals surface area contributed by atoms with E-state index < -0.39 is 0 Å². The average molecular weight is 368 g/mol. The Balaban J connectivity index is 2.18. The Morgan fingerprint density at radius 3 is 2.94 bits per heavy atom. The molecule has 0 saturated carbocycles. The van der Waals surface area contributed by atoms with E-state index in [4.69, 9.17) is 11.6 Å². The molecule has 0 spiro atoms. The number of alkyl halides is 1. The Labute approximate surface area is 118 Å². The number of anilines is 1. The van der Waals surface area contributed by atoms with Crippen molar-refractivity contribution in [3.05, 3.63) is 21.8 Å². The maximum atomic E-state index is 5.89. The quantitative estimate of drug-likeness (QED) is 0.694. The van der Waals surface area contributed by atoms with Crippen LogP contribution in [0.2, 0.25) is 5.02 Å². The van der Waals surface area contributed by atoms with Crippen molar-refractivity contribution >= 4 is 49.3 Å². The second kappa shape index (κ2) is 5.23. The first-order chi connectivity index (χ1) is 7.58. The molecular weight excluding hydrogens is 355 g/mol. The van der Waals surface area contributed by atoms with Crippen molar-refractivity contribution in [3.63, 3.8) is 0 Å². The van der Waals surface area contributed by atoms with E-state index in [1.165, 1.54) is 6.42 Å². The minimum atomic E-state index is 0.533. The van der Waals surface area contributed by atoms with Crippen molar-refractivity contribution in [2.75, 3.05) is 18.0 Å². The molecule has 88 valence electrons. The molecule has 2 atom stereocenters. The van der Waals surface area contributed by atoms with Crippen LogP contribution in [0.25, 0.3) is 0 Å². The molecule has 2 unspecified atom stereocenters. The van der Waals surface area contributed by atoms with E-state index in [-0.39, 0.29) is 0 Å². The summed E-state index contributed by atoms with van der Waals surface area (Å²) in [4.78, 5) is 7.21. The molecule has 0 radical (unpaired) electrons. The van der Waals surface area contributed by atoms with E-state index in [1.54, 1.807) is 6.20 Å². The topological polar surface area (TPSA) is 16.1 Å². The first-order valence-corrected chi connectivity index (χ1v) is 7.36. The standard InChI is InChI=1S/C11H13Br2ClN2/c1-7-2-3-16(6-10(7)13)11-9(12)4-8(14)5-15-11/h4-5,7,10H,2-3,6H2,1H3. The van der Waals surface area contributed by atoms with Gasteiger partial charge in [-0.2, -0.15) is 0 Å². The lowest BCUT2D eigenvalue weighted by Gasteiger charge is -2.35. The number of piperidine rings is 1. The molecule has 2 heterocycles. The molecule has 0 amide bonds. The van der Waals surface area contributed by atoms with Crippen LogP contribution in [-0.2, 0) is 0 Å². The number of rotatable bonds is 1. The van der Waals surface area contributed by atoms with E-state index in [1.807, 2.05) is 6.07 Å². The summed E-state index contributed by atoms with van der Waals surface area (Å²) in [6.07, 6.45) is 2.88. The summed E-state index contributed by atoms with van der Waals surface area (Å²) in [5.41, 5.74) is 0. The molecule has 1 saturated heterocycles. The van der Waals surface area contributed by atoms with Crippen LogP contribution in [0.1, 0.15) is 13.3 Å². The predicted octanol–water partition coefficient (Wildman–Crippen LogP) is 4.11. The molecule has 1 aromatic rings. The largest absolute Gasteiger partial charge is 0.355 e. The lowest BCUT2D eigenvalue weighted by Crippen LogP contribution is -2.40. The number of aromatic nitrogens is 1. The number of pyridine rings is 1. The smallest absolute Gasteiger partial charge is 0.143 e. The summed E-state index contributed by atoms with van der Waals surface area (Å²) >= 11 is 13.1. The van der Waals surface area contributed by atoms with Gasteiger partial charge in [-0.1, -0.05) is 34.5 Å². The van der Waals surface area contributed by atoms with E-state index in [9.17, 15) is 0 Å². The highest BCUT2D eigenvalue weighted by Gasteiger charge is 2.25. The second-order valence-corrected chi connectivity index (χ2v) is 6.65. The van der Waals surface area contributed by atoms with Crippen molar-refractivity contribution in [2.24, 2.45) is 5.92 Å². The minimum Gasteiger partial charge on any atom is -0.355 e. The van der Waals surface area contributed by atoms with E-state index >= 15 is 0 Å². The lowest BCUT2D eigenvalue weighted by atomic mass is 9.99. The third-order valence-corrected chi connectivity index (χ3v) is 4.94. The molecule has 16 heavy (non-hydrogen) atoms. The van der Waals surface area contributed by atoms with Gasteiger partial charge in [0.15, 0.2) is 0 Å². The van der Waals surface area contributed by atoms with Gasteiger partial charge in [0.25, 0.3) is 0 Å². The zero-order valence-electron chi connectivity index (χ0n) is 8.96. The fourth-order valence-corrected chi connectivity index (χ4v) is 3.36. The fraction of sp³-hybridized carbons (Fsp3) is 0.545. The average Bonchev–Trinajstić information content (AvgIpc) is 2.22. The first kappa shape index (κ1) is 12.7. The summed E-state index contributed by atoms with van der Waals surface area (Å²) in [5.74, 6) is 1.71. The molecular formula is C11H13Br2ClN2. The van der Waals surface area contributed by atoms with Crippen LogP contribution in [0, 0.1) is 5.92 Å². The first-order valence-electron chi connectivity index (χ1n) is 5.28. The highest BCUT2D eigenvalue weighted by Crippen LogP contribution is 2.31. The van der Waals surface area contributed by atoms with Crippen molar-refractivity contribution in [2.45, 2.75) is 18.2 Å². The van der Waals surface area contributed by atoms with Crippen LogP contribution in [-0.4, -0.2) is 22.9 Å². The third kappa shape index (κ3) is 2.71. The maximum absolute atomic E-state index is 5.89. The Kier molecular flexibility index (Phi) is 4.14. The molecule has 1 aliphatic heterocycles. The van der Waals surface area contributed by atoms with Crippen LogP contribution in [0.15, 0.2) is 16.7 Å². The molecule has 0 aliphatic carbocycles.